The average Bonchev–Trinajstić information content (AvgIpc) is 2.86. The van der Waals surface area contributed by atoms with Gasteiger partial charge in [0.1, 0.15) is 11.5 Å². The first-order valence-corrected chi connectivity index (χ1v) is 14.7. The van der Waals surface area contributed by atoms with Gasteiger partial charge < -0.3 is 18.5 Å². The number of carbonyl (C=O) groups excluding carboxylic acids is 3. The molecule has 0 saturated carbocycles. The van der Waals surface area contributed by atoms with E-state index in [-0.39, 0.29) is 44.2 Å². The highest BCUT2D eigenvalue weighted by Gasteiger charge is 2.27. The van der Waals surface area contributed by atoms with Gasteiger partial charge in [-0.05, 0) is 83.4 Å². The Labute approximate surface area is 236 Å². The molecule has 1 amide bonds. The highest BCUT2D eigenvalue weighted by Crippen LogP contribution is 2.50. The van der Waals surface area contributed by atoms with Crippen LogP contribution in [0.2, 0.25) is 0 Å². The average molecular weight is 578 g/mol. The summed E-state index contributed by atoms with van der Waals surface area (Å²) in [5.41, 5.74) is 0.0656. The number of hydrogen-bond acceptors (Lipinski definition) is 9. The second-order valence-electron chi connectivity index (χ2n) is 11.5. The summed E-state index contributed by atoms with van der Waals surface area (Å²) in [6.07, 6.45) is 0.0882. The maximum absolute atomic E-state index is 13.6. The number of hydroxylamine groups is 2. The Morgan fingerprint density at radius 1 is 0.750 bits per heavy atom. The minimum atomic E-state index is -3.67. The monoisotopic (exact) mass is 577 g/mol. The molecule has 0 aliphatic rings. The molecule has 0 spiro atoms. The zero-order valence-electron chi connectivity index (χ0n) is 24.3. The number of ether oxygens (including phenoxy) is 2. The van der Waals surface area contributed by atoms with Crippen molar-refractivity contribution < 1.29 is 42.7 Å². The lowest BCUT2D eigenvalue weighted by atomic mass is 9.97. The third kappa shape index (κ3) is 11.2. The van der Waals surface area contributed by atoms with Crippen LogP contribution in [0.5, 0.6) is 11.5 Å². The molecule has 2 rings (SSSR count). The number of rotatable bonds is 12. The van der Waals surface area contributed by atoms with Gasteiger partial charge in [-0.15, -0.1) is 0 Å². The number of benzene rings is 2. The number of esters is 2. The highest BCUT2D eigenvalue weighted by atomic mass is 31.2. The van der Waals surface area contributed by atoms with Gasteiger partial charge >= 0.3 is 19.5 Å². The van der Waals surface area contributed by atoms with Crippen LogP contribution in [0.1, 0.15) is 65.5 Å². The summed E-state index contributed by atoms with van der Waals surface area (Å²) in [4.78, 5) is 36.0. The molecule has 0 heterocycles. The Bertz CT molecular complexity index is 1110. The van der Waals surface area contributed by atoms with Crippen molar-refractivity contribution >= 4 is 25.4 Å². The van der Waals surface area contributed by atoms with Gasteiger partial charge in [0, 0.05) is 13.5 Å². The molecule has 1 N–H and O–H groups in total. The van der Waals surface area contributed by atoms with Crippen LogP contribution in [0.3, 0.4) is 0 Å². The number of carbonyl (C=O) groups is 3. The Hall–Kier alpha value is -3.04. The largest absolute Gasteiger partial charge is 0.426 e. The fourth-order valence-electron chi connectivity index (χ4n) is 2.93. The molecule has 0 aliphatic carbocycles. The maximum Gasteiger partial charge on any atom is 0.331 e. The molecule has 2 aromatic carbocycles. The van der Waals surface area contributed by atoms with Gasteiger partial charge in [0.25, 0.3) is 0 Å². The van der Waals surface area contributed by atoms with Crippen LogP contribution in [-0.2, 0) is 41.2 Å². The van der Waals surface area contributed by atoms with E-state index in [0.717, 1.165) is 0 Å². The fraction of sp³-hybridized carbons (Fsp3) is 0.483. The summed E-state index contributed by atoms with van der Waals surface area (Å²) in [7, 11) is -2.45. The van der Waals surface area contributed by atoms with Gasteiger partial charge in [-0.3, -0.25) is 24.2 Å². The summed E-state index contributed by atoms with van der Waals surface area (Å²) in [6.45, 7) is 10.5. The Morgan fingerprint density at radius 3 is 1.45 bits per heavy atom. The molecule has 0 aliphatic heterocycles. The third-order valence-corrected chi connectivity index (χ3v) is 7.44. The molecule has 0 atom stereocenters. The molecule has 10 nitrogen and oxygen atoms in total. The molecular weight excluding hydrogens is 537 g/mol. The van der Waals surface area contributed by atoms with E-state index in [1.165, 1.54) is 7.05 Å². The molecule has 0 saturated heterocycles. The highest BCUT2D eigenvalue weighted by molar-refractivity contribution is 7.53. The minimum absolute atomic E-state index is 0.0363. The van der Waals surface area contributed by atoms with E-state index in [4.69, 9.17) is 18.5 Å². The predicted molar refractivity (Wildman–Crippen MR) is 149 cm³/mol. The van der Waals surface area contributed by atoms with Gasteiger partial charge in [-0.25, -0.2) is 5.06 Å². The van der Waals surface area contributed by atoms with Crippen LogP contribution in [-0.4, -0.2) is 41.3 Å². The van der Waals surface area contributed by atoms with Gasteiger partial charge in [-0.2, -0.15) is 0 Å². The van der Waals surface area contributed by atoms with Crippen LogP contribution >= 0.6 is 7.60 Å². The standard InChI is InChI=1S/C29H40NO9P/c1-28(2,3)26(32)38-23-14-10-21(11-15-23)19-36-40(35,18-8-9-25(31)30(7)34)37-20-22-12-16-24(17-13-22)39-27(33)29(4,5)6/h10-17,34H,8-9,18-20H2,1-7H3. The molecule has 0 fully saturated rings. The van der Waals surface area contributed by atoms with Crippen LogP contribution in [0.4, 0.5) is 0 Å². The molecule has 40 heavy (non-hydrogen) atoms. The van der Waals surface area contributed by atoms with Crippen molar-refractivity contribution in [2.75, 3.05) is 13.2 Å². The lowest BCUT2D eigenvalue weighted by Gasteiger charge is -2.20. The normalized spacial score (nSPS) is 12.1. The lowest BCUT2D eigenvalue weighted by Crippen LogP contribution is -2.25. The van der Waals surface area contributed by atoms with Crippen LogP contribution in [0, 0.1) is 10.8 Å². The zero-order chi connectivity index (χ0) is 30.1. The summed E-state index contributed by atoms with van der Waals surface area (Å²) in [5.74, 6) is -0.485. The first-order chi connectivity index (χ1) is 18.5. The SMILES string of the molecule is CN(O)C(=O)CCCP(=O)(OCc1ccc(OC(=O)C(C)(C)C)cc1)OCc1ccc(OC(=O)C(C)(C)C)cc1. The van der Waals surface area contributed by atoms with Crippen LogP contribution in [0.15, 0.2) is 48.5 Å². The van der Waals surface area contributed by atoms with Gasteiger partial charge in [0.15, 0.2) is 0 Å². The van der Waals surface area contributed by atoms with Crippen LogP contribution < -0.4 is 9.47 Å². The van der Waals surface area contributed by atoms with Gasteiger partial charge in [0.05, 0.1) is 30.2 Å². The van der Waals surface area contributed by atoms with Crippen LogP contribution in [0.25, 0.3) is 0 Å². The van der Waals surface area contributed by atoms with Crippen molar-refractivity contribution in [2.45, 2.75) is 67.6 Å². The first-order valence-electron chi connectivity index (χ1n) is 12.9. The Morgan fingerprint density at radius 2 is 1.12 bits per heavy atom. The Balaban J connectivity index is 2.05. The van der Waals surface area contributed by atoms with Gasteiger partial charge in [-0.1, -0.05) is 24.3 Å². The third-order valence-electron chi connectivity index (χ3n) is 5.53. The summed E-state index contributed by atoms with van der Waals surface area (Å²) >= 11 is 0. The molecule has 2 aromatic rings. The summed E-state index contributed by atoms with van der Waals surface area (Å²) in [6, 6.07) is 13.3. The topological polar surface area (TPSA) is 129 Å². The molecule has 11 heteroatoms. The number of amides is 1. The second-order valence-corrected chi connectivity index (χ2v) is 13.7. The smallest absolute Gasteiger partial charge is 0.331 e. The number of nitrogens with zero attached hydrogens (tertiary/aromatic N) is 1. The fourth-order valence-corrected chi connectivity index (χ4v) is 4.50. The lowest BCUT2D eigenvalue weighted by molar-refractivity contribution is -0.159. The van der Waals surface area contributed by atoms with E-state index in [1.807, 2.05) is 0 Å². The first kappa shape index (κ1) is 33.2. The van der Waals surface area contributed by atoms with E-state index >= 15 is 0 Å². The zero-order valence-corrected chi connectivity index (χ0v) is 25.2. The molecule has 0 radical (unpaired) electrons. The van der Waals surface area contributed by atoms with Crippen molar-refractivity contribution in [1.82, 2.24) is 5.06 Å². The van der Waals surface area contributed by atoms with Crippen molar-refractivity contribution in [3.8, 4) is 11.5 Å². The molecule has 0 unspecified atom stereocenters. The van der Waals surface area contributed by atoms with E-state index in [0.29, 0.717) is 27.7 Å². The quantitative estimate of drug-likeness (QED) is 0.104. The molecule has 0 bridgehead atoms. The molecular formula is C29H40NO9P. The van der Waals surface area contributed by atoms with E-state index in [2.05, 4.69) is 0 Å². The van der Waals surface area contributed by atoms with E-state index in [9.17, 15) is 24.2 Å². The minimum Gasteiger partial charge on any atom is -0.426 e. The number of hydrogen-bond donors (Lipinski definition) is 1. The van der Waals surface area contributed by atoms with E-state index < -0.39 is 24.3 Å². The van der Waals surface area contributed by atoms with E-state index in [1.54, 1.807) is 90.1 Å². The maximum atomic E-state index is 13.6. The molecule has 0 aromatic heterocycles. The summed E-state index contributed by atoms with van der Waals surface area (Å²) < 4.78 is 35.8. The van der Waals surface area contributed by atoms with Crippen molar-refractivity contribution in [1.29, 1.82) is 0 Å². The van der Waals surface area contributed by atoms with Crippen molar-refractivity contribution in [3.05, 3.63) is 59.7 Å². The second kappa shape index (κ2) is 14.0. The predicted octanol–water partition coefficient (Wildman–Crippen LogP) is 6.14. The van der Waals surface area contributed by atoms with Gasteiger partial charge in [0.2, 0.25) is 5.91 Å². The molecule has 220 valence electrons. The summed E-state index contributed by atoms with van der Waals surface area (Å²) in [5, 5.41) is 9.77. The Kier molecular flexibility index (Phi) is 11.6. The van der Waals surface area contributed by atoms with Crippen molar-refractivity contribution in [2.24, 2.45) is 10.8 Å². The van der Waals surface area contributed by atoms with Crippen molar-refractivity contribution in [3.63, 3.8) is 0 Å².